The normalized spacial score (nSPS) is 16.2. The summed E-state index contributed by atoms with van der Waals surface area (Å²) in [7, 11) is 0. The van der Waals surface area contributed by atoms with Gasteiger partial charge in [0.2, 0.25) is 5.91 Å². The van der Waals surface area contributed by atoms with Crippen molar-refractivity contribution in [3.8, 4) is 0 Å². The Kier molecular flexibility index (Phi) is 2.81. The number of carbonyl (C=O) groups excluding carboxylic acids is 2. The standard InChI is InChI=1S/C10H9BrN2O2/c11-9-2-1-7(4-12-9)5-13-6-8(14)3-10(13)15/h1-2,4H,3,5-6H2. The third-order valence-corrected chi connectivity index (χ3v) is 2.70. The van der Waals surface area contributed by atoms with Gasteiger partial charge >= 0.3 is 0 Å². The highest BCUT2D eigenvalue weighted by Gasteiger charge is 2.26. The molecule has 1 amide bonds. The van der Waals surface area contributed by atoms with Crippen LogP contribution < -0.4 is 0 Å². The molecule has 0 unspecified atom stereocenters. The quantitative estimate of drug-likeness (QED) is 0.597. The zero-order chi connectivity index (χ0) is 10.8. The summed E-state index contributed by atoms with van der Waals surface area (Å²) in [5, 5.41) is 0. The molecule has 1 aliphatic rings. The van der Waals surface area contributed by atoms with Gasteiger partial charge in [-0.2, -0.15) is 0 Å². The van der Waals surface area contributed by atoms with Crippen molar-refractivity contribution < 1.29 is 9.59 Å². The summed E-state index contributed by atoms with van der Waals surface area (Å²) in [6.45, 7) is 0.694. The number of likely N-dealkylation sites (tertiary alicyclic amines) is 1. The van der Waals surface area contributed by atoms with Gasteiger partial charge in [-0.15, -0.1) is 0 Å². The molecule has 4 nitrogen and oxygen atoms in total. The van der Waals surface area contributed by atoms with Crippen molar-refractivity contribution in [3.63, 3.8) is 0 Å². The molecule has 1 aromatic heterocycles. The van der Waals surface area contributed by atoms with E-state index in [9.17, 15) is 9.59 Å². The minimum atomic E-state index is -0.0945. The lowest BCUT2D eigenvalue weighted by molar-refractivity contribution is -0.128. The fourth-order valence-corrected chi connectivity index (χ4v) is 1.74. The van der Waals surface area contributed by atoms with Gasteiger partial charge in [-0.05, 0) is 27.6 Å². The Balaban J connectivity index is 2.06. The van der Waals surface area contributed by atoms with Crippen LogP contribution in [-0.4, -0.2) is 28.1 Å². The lowest BCUT2D eigenvalue weighted by Gasteiger charge is -2.13. The number of Topliss-reactive ketones (excluding diaryl/α,β-unsaturated/α-hetero) is 1. The smallest absolute Gasteiger partial charge is 0.230 e. The van der Waals surface area contributed by atoms with Crippen LogP contribution in [0.4, 0.5) is 0 Å². The molecule has 0 bridgehead atoms. The summed E-state index contributed by atoms with van der Waals surface area (Å²) in [6, 6.07) is 3.70. The highest BCUT2D eigenvalue weighted by molar-refractivity contribution is 9.10. The Morgan fingerprint density at radius 2 is 2.20 bits per heavy atom. The maximum atomic E-state index is 11.3. The van der Waals surface area contributed by atoms with Crippen LogP contribution in [0.5, 0.6) is 0 Å². The fraction of sp³-hybridized carbons (Fsp3) is 0.300. The molecule has 1 fully saturated rings. The van der Waals surface area contributed by atoms with Crippen LogP contribution >= 0.6 is 15.9 Å². The second kappa shape index (κ2) is 4.10. The number of hydrogen-bond donors (Lipinski definition) is 0. The molecular formula is C10H9BrN2O2. The van der Waals surface area contributed by atoms with E-state index in [1.165, 1.54) is 0 Å². The van der Waals surface area contributed by atoms with E-state index in [-0.39, 0.29) is 24.7 Å². The molecule has 15 heavy (non-hydrogen) atoms. The molecule has 0 spiro atoms. The van der Waals surface area contributed by atoms with Crippen LogP contribution in [-0.2, 0) is 16.1 Å². The van der Waals surface area contributed by atoms with Gasteiger partial charge in [-0.3, -0.25) is 9.59 Å². The Hall–Kier alpha value is -1.23. The van der Waals surface area contributed by atoms with Crippen molar-refractivity contribution in [3.05, 3.63) is 28.5 Å². The van der Waals surface area contributed by atoms with Gasteiger partial charge in [0.15, 0.2) is 5.78 Å². The van der Waals surface area contributed by atoms with Gasteiger partial charge in [0, 0.05) is 12.7 Å². The van der Waals surface area contributed by atoms with Crippen molar-refractivity contribution >= 4 is 27.6 Å². The van der Waals surface area contributed by atoms with E-state index < -0.39 is 0 Å². The minimum Gasteiger partial charge on any atom is -0.331 e. The van der Waals surface area contributed by atoms with E-state index >= 15 is 0 Å². The first-order valence-corrected chi connectivity index (χ1v) is 5.34. The van der Waals surface area contributed by atoms with Gasteiger partial charge in [0.05, 0.1) is 13.0 Å². The topological polar surface area (TPSA) is 50.3 Å². The van der Waals surface area contributed by atoms with Crippen LogP contribution in [0, 0.1) is 0 Å². The van der Waals surface area contributed by atoms with Gasteiger partial charge in [-0.1, -0.05) is 6.07 Å². The Morgan fingerprint density at radius 1 is 1.40 bits per heavy atom. The molecule has 0 aliphatic carbocycles. The first kappa shape index (κ1) is 10.3. The molecule has 78 valence electrons. The summed E-state index contributed by atoms with van der Waals surface area (Å²) < 4.78 is 0.759. The van der Waals surface area contributed by atoms with Crippen molar-refractivity contribution in [2.75, 3.05) is 6.54 Å². The highest BCUT2D eigenvalue weighted by Crippen LogP contribution is 2.13. The van der Waals surface area contributed by atoms with E-state index in [1.54, 1.807) is 11.1 Å². The summed E-state index contributed by atoms with van der Waals surface area (Å²) in [6.07, 6.45) is 1.74. The van der Waals surface area contributed by atoms with Crippen molar-refractivity contribution in [1.29, 1.82) is 0 Å². The van der Waals surface area contributed by atoms with Crippen molar-refractivity contribution in [1.82, 2.24) is 9.88 Å². The number of amides is 1. The zero-order valence-electron chi connectivity index (χ0n) is 7.94. The van der Waals surface area contributed by atoms with Crippen LogP contribution in [0.2, 0.25) is 0 Å². The van der Waals surface area contributed by atoms with Gasteiger partial charge in [-0.25, -0.2) is 4.98 Å². The summed E-state index contributed by atoms with van der Waals surface area (Å²) in [4.78, 5) is 28.0. The zero-order valence-corrected chi connectivity index (χ0v) is 9.53. The summed E-state index contributed by atoms with van der Waals surface area (Å²) in [5.41, 5.74) is 0.932. The third-order valence-electron chi connectivity index (χ3n) is 2.23. The molecule has 2 rings (SSSR count). The molecule has 0 aromatic carbocycles. The monoisotopic (exact) mass is 268 g/mol. The van der Waals surface area contributed by atoms with Gasteiger partial charge in [0.25, 0.3) is 0 Å². The number of ketones is 1. The molecular weight excluding hydrogens is 260 g/mol. The van der Waals surface area contributed by atoms with Gasteiger partial charge < -0.3 is 4.90 Å². The van der Waals surface area contributed by atoms with E-state index in [0.717, 1.165) is 10.2 Å². The minimum absolute atomic E-state index is 0.00919. The molecule has 1 aromatic rings. The molecule has 1 saturated heterocycles. The predicted molar refractivity (Wildman–Crippen MR) is 57.0 cm³/mol. The highest BCUT2D eigenvalue weighted by atomic mass is 79.9. The lowest BCUT2D eigenvalue weighted by Crippen LogP contribution is -2.24. The van der Waals surface area contributed by atoms with Crippen LogP contribution in [0.25, 0.3) is 0 Å². The SMILES string of the molecule is O=C1CC(=O)N(Cc2ccc(Br)nc2)C1. The number of halogens is 1. The molecule has 0 saturated carbocycles. The van der Waals surface area contributed by atoms with E-state index in [0.29, 0.717) is 6.54 Å². The lowest BCUT2D eigenvalue weighted by atomic mass is 10.3. The average Bonchev–Trinajstić information content (AvgIpc) is 2.49. The number of hydrogen-bond acceptors (Lipinski definition) is 3. The first-order chi connectivity index (χ1) is 7.15. The Labute approximate surface area is 95.4 Å². The number of nitrogens with zero attached hydrogens (tertiary/aromatic N) is 2. The van der Waals surface area contributed by atoms with Crippen LogP contribution in [0.15, 0.2) is 22.9 Å². The van der Waals surface area contributed by atoms with Crippen molar-refractivity contribution in [2.45, 2.75) is 13.0 Å². The van der Waals surface area contributed by atoms with E-state index in [1.807, 2.05) is 12.1 Å². The Bertz CT molecular complexity index is 402. The second-order valence-electron chi connectivity index (χ2n) is 3.45. The molecule has 0 N–H and O–H groups in total. The summed E-state index contributed by atoms with van der Waals surface area (Å²) in [5.74, 6) is -0.104. The molecule has 2 heterocycles. The number of pyridine rings is 1. The largest absolute Gasteiger partial charge is 0.331 e. The van der Waals surface area contributed by atoms with Crippen LogP contribution in [0.1, 0.15) is 12.0 Å². The van der Waals surface area contributed by atoms with Gasteiger partial charge in [0.1, 0.15) is 4.60 Å². The van der Waals surface area contributed by atoms with Crippen molar-refractivity contribution in [2.24, 2.45) is 0 Å². The van der Waals surface area contributed by atoms with E-state index in [4.69, 9.17) is 0 Å². The third kappa shape index (κ3) is 2.41. The molecule has 5 heteroatoms. The first-order valence-electron chi connectivity index (χ1n) is 4.55. The Morgan fingerprint density at radius 3 is 2.73 bits per heavy atom. The predicted octanol–water partition coefficient (Wildman–Crippen LogP) is 1.15. The molecule has 0 atom stereocenters. The summed E-state index contributed by atoms with van der Waals surface area (Å²) >= 11 is 3.23. The maximum Gasteiger partial charge on any atom is 0.230 e. The van der Waals surface area contributed by atoms with E-state index in [2.05, 4.69) is 20.9 Å². The molecule has 1 aliphatic heterocycles. The van der Waals surface area contributed by atoms with Crippen LogP contribution in [0.3, 0.4) is 0 Å². The maximum absolute atomic E-state index is 11.3. The molecule has 0 radical (unpaired) electrons. The fourth-order valence-electron chi connectivity index (χ4n) is 1.50. The second-order valence-corrected chi connectivity index (χ2v) is 4.27. The number of rotatable bonds is 2. The number of carbonyl (C=O) groups is 2. The average molecular weight is 269 g/mol. The number of aromatic nitrogens is 1.